The molecule has 1 aromatic rings. The highest BCUT2D eigenvalue weighted by Crippen LogP contribution is 2.44. The van der Waals surface area contributed by atoms with Crippen LogP contribution in [0.25, 0.3) is 0 Å². The number of likely N-dealkylation sites (N-methyl/N-ethyl adjacent to an activating group) is 1. The van der Waals surface area contributed by atoms with Gasteiger partial charge in [-0.2, -0.15) is 0 Å². The zero-order chi connectivity index (χ0) is 13.0. The quantitative estimate of drug-likeness (QED) is 0.823. The monoisotopic (exact) mass is 245 g/mol. The Hall–Kier alpha value is -0.820. The molecule has 100 valence electrons. The average Bonchev–Trinajstić information content (AvgIpc) is 2.86. The van der Waals surface area contributed by atoms with Crippen LogP contribution in [-0.4, -0.2) is 13.1 Å². The molecule has 1 fully saturated rings. The second kappa shape index (κ2) is 5.88. The molecule has 0 bridgehead atoms. The highest BCUT2D eigenvalue weighted by atomic mass is 14.9. The van der Waals surface area contributed by atoms with Crippen LogP contribution in [0.15, 0.2) is 24.3 Å². The fraction of sp³-hybridized carbons (Fsp3) is 0.647. The SMILES string of the molecule is CCC1(C(Cc2cccc(C)c2)NC)CCCC1. The fourth-order valence-electron chi connectivity index (χ4n) is 3.73. The van der Waals surface area contributed by atoms with Crippen LogP contribution >= 0.6 is 0 Å². The number of nitrogens with one attached hydrogen (secondary N) is 1. The molecule has 1 saturated carbocycles. The van der Waals surface area contributed by atoms with Crippen LogP contribution in [0.5, 0.6) is 0 Å². The summed E-state index contributed by atoms with van der Waals surface area (Å²) >= 11 is 0. The molecule has 2 rings (SSSR count). The lowest BCUT2D eigenvalue weighted by atomic mass is 9.74. The smallest absolute Gasteiger partial charge is 0.0161 e. The van der Waals surface area contributed by atoms with Gasteiger partial charge in [0.05, 0.1) is 0 Å². The van der Waals surface area contributed by atoms with E-state index in [4.69, 9.17) is 0 Å². The molecule has 1 aliphatic carbocycles. The third kappa shape index (κ3) is 2.77. The molecule has 0 aromatic heterocycles. The molecule has 1 nitrogen and oxygen atoms in total. The van der Waals surface area contributed by atoms with Crippen LogP contribution < -0.4 is 5.32 Å². The Balaban J connectivity index is 2.13. The maximum atomic E-state index is 3.60. The number of hydrogen-bond acceptors (Lipinski definition) is 1. The molecule has 1 aromatic carbocycles. The minimum absolute atomic E-state index is 0.540. The van der Waals surface area contributed by atoms with Crippen molar-refractivity contribution < 1.29 is 0 Å². The summed E-state index contributed by atoms with van der Waals surface area (Å²) < 4.78 is 0. The van der Waals surface area contributed by atoms with Gasteiger partial charge in [0.25, 0.3) is 0 Å². The van der Waals surface area contributed by atoms with Crippen molar-refractivity contribution in [2.75, 3.05) is 7.05 Å². The van der Waals surface area contributed by atoms with Crippen LogP contribution in [0.1, 0.15) is 50.2 Å². The largest absolute Gasteiger partial charge is 0.316 e. The predicted molar refractivity (Wildman–Crippen MR) is 78.9 cm³/mol. The molecular formula is C17H27N. The molecule has 1 N–H and O–H groups in total. The van der Waals surface area contributed by atoms with Crippen molar-refractivity contribution in [2.45, 2.75) is 58.4 Å². The summed E-state index contributed by atoms with van der Waals surface area (Å²) in [6.07, 6.45) is 8.12. The number of hydrogen-bond donors (Lipinski definition) is 1. The predicted octanol–water partition coefficient (Wildman–Crippen LogP) is 4.10. The lowest BCUT2D eigenvalue weighted by Crippen LogP contribution is -2.43. The van der Waals surface area contributed by atoms with Gasteiger partial charge < -0.3 is 5.32 Å². The molecule has 0 saturated heterocycles. The summed E-state index contributed by atoms with van der Waals surface area (Å²) in [7, 11) is 2.14. The Bertz CT molecular complexity index is 377. The first-order chi connectivity index (χ1) is 8.70. The molecule has 0 heterocycles. The van der Waals surface area contributed by atoms with E-state index in [2.05, 4.69) is 50.5 Å². The molecule has 0 spiro atoms. The van der Waals surface area contributed by atoms with E-state index in [0.717, 1.165) is 0 Å². The lowest BCUT2D eigenvalue weighted by Gasteiger charge is -2.37. The van der Waals surface area contributed by atoms with E-state index in [1.807, 2.05) is 0 Å². The van der Waals surface area contributed by atoms with Gasteiger partial charge in [-0.05, 0) is 50.6 Å². The van der Waals surface area contributed by atoms with Gasteiger partial charge in [-0.3, -0.25) is 0 Å². The highest BCUT2D eigenvalue weighted by molar-refractivity contribution is 5.23. The van der Waals surface area contributed by atoms with Crippen LogP contribution in [0.4, 0.5) is 0 Å². The van der Waals surface area contributed by atoms with Crippen molar-refractivity contribution >= 4 is 0 Å². The van der Waals surface area contributed by atoms with Crippen molar-refractivity contribution in [3.8, 4) is 0 Å². The lowest BCUT2D eigenvalue weighted by molar-refractivity contribution is 0.192. The standard InChI is InChI=1S/C17H27N/c1-4-17(10-5-6-11-17)16(18-3)13-15-9-7-8-14(2)12-15/h7-9,12,16,18H,4-6,10-11,13H2,1-3H3. The van der Waals surface area contributed by atoms with Crippen LogP contribution in [-0.2, 0) is 6.42 Å². The van der Waals surface area contributed by atoms with E-state index in [1.165, 1.54) is 49.7 Å². The second-order valence-electron chi connectivity index (χ2n) is 5.96. The van der Waals surface area contributed by atoms with Crippen molar-refractivity contribution in [3.63, 3.8) is 0 Å². The fourth-order valence-corrected chi connectivity index (χ4v) is 3.73. The molecule has 1 heteroatoms. The summed E-state index contributed by atoms with van der Waals surface area (Å²) in [5, 5.41) is 3.60. The number of aryl methyl sites for hydroxylation is 1. The molecule has 0 amide bonds. The minimum atomic E-state index is 0.540. The molecule has 0 aliphatic heterocycles. The Kier molecular flexibility index (Phi) is 4.45. The van der Waals surface area contributed by atoms with Gasteiger partial charge in [0, 0.05) is 6.04 Å². The highest BCUT2D eigenvalue weighted by Gasteiger charge is 2.38. The Morgan fingerprint density at radius 1 is 1.28 bits per heavy atom. The molecular weight excluding hydrogens is 218 g/mol. The summed E-state index contributed by atoms with van der Waals surface area (Å²) in [5.41, 5.74) is 3.40. The van der Waals surface area contributed by atoms with Gasteiger partial charge in [0.2, 0.25) is 0 Å². The van der Waals surface area contributed by atoms with Gasteiger partial charge in [-0.15, -0.1) is 0 Å². The molecule has 1 atom stereocenters. The molecule has 1 unspecified atom stereocenters. The average molecular weight is 245 g/mol. The number of rotatable bonds is 5. The summed E-state index contributed by atoms with van der Waals surface area (Å²) in [4.78, 5) is 0. The van der Waals surface area contributed by atoms with Gasteiger partial charge in [-0.25, -0.2) is 0 Å². The normalized spacial score (nSPS) is 19.9. The minimum Gasteiger partial charge on any atom is -0.316 e. The van der Waals surface area contributed by atoms with E-state index in [9.17, 15) is 0 Å². The first-order valence-electron chi connectivity index (χ1n) is 7.43. The van der Waals surface area contributed by atoms with Gasteiger partial charge in [0.15, 0.2) is 0 Å². The van der Waals surface area contributed by atoms with Gasteiger partial charge >= 0.3 is 0 Å². The Morgan fingerprint density at radius 3 is 2.56 bits per heavy atom. The van der Waals surface area contributed by atoms with E-state index in [0.29, 0.717) is 11.5 Å². The third-order valence-corrected chi connectivity index (χ3v) is 4.91. The van der Waals surface area contributed by atoms with E-state index >= 15 is 0 Å². The zero-order valence-electron chi connectivity index (χ0n) is 12.1. The van der Waals surface area contributed by atoms with Crippen molar-refractivity contribution in [3.05, 3.63) is 35.4 Å². The Labute approximate surface area is 112 Å². The molecule has 1 aliphatic rings. The van der Waals surface area contributed by atoms with Gasteiger partial charge in [-0.1, -0.05) is 49.6 Å². The summed E-state index contributed by atoms with van der Waals surface area (Å²) in [6, 6.07) is 9.61. The summed E-state index contributed by atoms with van der Waals surface area (Å²) in [5.74, 6) is 0. The van der Waals surface area contributed by atoms with E-state index in [-0.39, 0.29) is 0 Å². The van der Waals surface area contributed by atoms with Crippen LogP contribution in [0.2, 0.25) is 0 Å². The van der Waals surface area contributed by atoms with Crippen molar-refractivity contribution in [1.29, 1.82) is 0 Å². The summed E-state index contributed by atoms with van der Waals surface area (Å²) in [6.45, 7) is 4.55. The maximum absolute atomic E-state index is 3.60. The zero-order valence-corrected chi connectivity index (χ0v) is 12.1. The maximum Gasteiger partial charge on any atom is 0.0161 e. The topological polar surface area (TPSA) is 12.0 Å². The second-order valence-corrected chi connectivity index (χ2v) is 5.96. The van der Waals surface area contributed by atoms with E-state index < -0.39 is 0 Å². The van der Waals surface area contributed by atoms with E-state index in [1.54, 1.807) is 0 Å². The van der Waals surface area contributed by atoms with Crippen LogP contribution in [0, 0.1) is 12.3 Å². The first-order valence-corrected chi connectivity index (χ1v) is 7.43. The molecule has 0 radical (unpaired) electrons. The molecule has 18 heavy (non-hydrogen) atoms. The number of benzene rings is 1. The third-order valence-electron chi connectivity index (χ3n) is 4.91. The Morgan fingerprint density at radius 2 is 2.00 bits per heavy atom. The first kappa shape index (κ1) is 13.6. The van der Waals surface area contributed by atoms with Gasteiger partial charge in [0.1, 0.15) is 0 Å². The van der Waals surface area contributed by atoms with Crippen LogP contribution in [0.3, 0.4) is 0 Å². The van der Waals surface area contributed by atoms with Crippen molar-refractivity contribution in [2.24, 2.45) is 5.41 Å². The van der Waals surface area contributed by atoms with Crippen molar-refractivity contribution in [1.82, 2.24) is 5.32 Å².